The van der Waals surface area contributed by atoms with Gasteiger partial charge in [-0.3, -0.25) is 0 Å². The highest BCUT2D eigenvalue weighted by Gasteiger charge is 2.12. The van der Waals surface area contributed by atoms with Crippen molar-refractivity contribution in [1.29, 1.82) is 0 Å². The maximum Gasteiger partial charge on any atom is 0.144 e. The number of aliphatic hydroxyl groups is 1. The third-order valence-electron chi connectivity index (χ3n) is 1.52. The molecule has 0 amide bonds. The predicted molar refractivity (Wildman–Crippen MR) is 49.7 cm³/mol. The van der Waals surface area contributed by atoms with Crippen molar-refractivity contribution < 1.29 is 9.50 Å². The summed E-state index contributed by atoms with van der Waals surface area (Å²) in [5, 5.41) is 9.42. The number of rotatable bonds is 1. The van der Waals surface area contributed by atoms with E-state index < -0.39 is 11.9 Å². The fraction of sp³-hybridized carbons (Fsp3) is 0.250. The van der Waals surface area contributed by atoms with Crippen LogP contribution < -0.4 is 0 Å². The summed E-state index contributed by atoms with van der Waals surface area (Å²) >= 11 is 8.60. The first kappa shape index (κ1) is 9.96. The zero-order valence-electron chi connectivity index (χ0n) is 6.31. The second-order valence-electron chi connectivity index (χ2n) is 2.44. The Morgan fingerprint density at radius 3 is 2.67 bits per heavy atom. The van der Waals surface area contributed by atoms with E-state index in [2.05, 4.69) is 15.9 Å². The molecular formula is C8H7BrClFO. The molecule has 0 aliphatic rings. The van der Waals surface area contributed by atoms with Crippen molar-refractivity contribution in [2.75, 3.05) is 0 Å². The van der Waals surface area contributed by atoms with E-state index in [0.717, 1.165) is 0 Å². The Hall–Kier alpha value is -0.120. The molecule has 0 aliphatic heterocycles. The second kappa shape index (κ2) is 3.73. The molecule has 0 fully saturated rings. The van der Waals surface area contributed by atoms with Gasteiger partial charge in [0.25, 0.3) is 0 Å². The van der Waals surface area contributed by atoms with Gasteiger partial charge >= 0.3 is 0 Å². The van der Waals surface area contributed by atoms with Crippen LogP contribution in [0.15, 0.2) is 16.6 Å². The van der Waals surface area contributed by atoms with Crippen LogP contribution in [0.4, 0.5) is 4.39 Å². The van der Waals surface area contributed by atoms with E-state index in [4.69, 9.17) is 16.7 Å². The highest BCUT2D eigenvalue weighted by molar-refractivity contribution is 9.10. The zero-order valence-corrected chi connectivity index (χ0v) is 8.66. The van der Waals surface area contributed by atoms with Gasteiger partial charge in [-0.2, -0.15) is 0 Å². The Balaban J connectivity index is 3.27. The molecule has 4 heteroatoms. The summed E-state index contributed by atoms with van der Waals surface area (Å²) in [4.78, 5) is 0. The summed E-state index contributed by atoms with van der Waals surface area (Å²) in [6.45, 7) is 1.50. The fourth-order valence-electron chi connectivity index (χ4n) is 0.863. The third-order valence-corrected chi connectivity index (χ3v) is 2.83. The quantitative estimate of drug-likeness (QED) is 0.762. The molecule has 0 spiro atoms. The molecule has 1 unspecified atom stereocenters. The van der Waals surface area contributed by atoms with Gasteiger partial charge in [0.1, 0.15) is 5.82 Å². The molecule has 1 aromatic carbocycles. The average Bonchev–Trinajstić information content (AvgIpc) is 2.00. The molecule has 1 aromatic rings. The Labute approximate surface area is 83.3 Å². The van der Waals surface area contributed by atoms with Gasteiger partial charge in [0.15, 0.2) is 0 Å². The molecule has 66 valence electrons. The molecule has 0 bridgehead atoms. The average molecular weight is 253 g/mol. The molecule has 12 heavy (non-hydrogen) atoms. The Kier molecular flexibility index (Phi) is 3.09. The third kappa shape index (κ3) is 1.79. The van der Waals surface area contributed by atoms with E-state index in [1.54, 1.807) is 0 Å². The van der Waals surface area contributed by atoms with E-state index in [1.807, 2.05) is 0 Å². The van der Waals surface area contributed by atoms with Gasteiger partial charge < -0.3 is 5.11 Å². The lowest BCUT2D eigenvalue weighted by atomic mass is 10.1. The van der Waals surface area contributed by atoms with Gasteiger partial charge in [-0.05, 0) is 28.9 Å². The molecule has 1 N–H and O–H groups in total. The van der Waals surface area contributed by atoms with Gasteiger partial charge in [0.05, 0.1) is 15.6 Å². The number of hydrogen-bond acceptors (Lipinski definition) is 1. The molecule has 1 nitrogen and oxygen atoms in total. The largest absolute Gasteiger partial charge is 0.389 e. The van der Waals surface area contributed by atoms with Crippen molar-refractivity contribution in [3.05, 3.63) is 33.0 Å². The van der Waals surface area contributed by atoms with Crippen molar-refractivity contribution in [1.82, 2.24) is 0 Å². The summed E-state index contributed by atoms with van der Waals surface area (Å²) < 4.78 is 13.4. The molecule has 0 aromatic heterocycles. The van der Waals surface area contributed by atoms with Crippen molar-refractivity contribution >= 4 is 27.5 Å². The van der Waals surface area contributed by atoms with Gasteiger partial charge in [-0.15, -0.1) is 0 Å². The monoisotopic (exact) mass is 252 g/mol. The SMILES string of the molecule is CC(O)c1ccc(Cl)c(Br)c1F. The van der Waals surface area contributed by atoms with Crippen molar-refractivity contribution in [3.63, 3.8) is 0 Å². The van der Waals surface area contributed by atoms with Crippen LogP contribution in [0.25, 0.3) is 0 Å². The zero-order chi connectivity index (χ0) is 9.30. The molecule has 0 heterocycles. The maximum absolute atomic E-state index is 13.2. The van der Waals surface area contributed by atoms with Crippen LogP contribution in [0.3, 0.4) is 0 Å². The first-order chi connectivity index (χ1) is 5.54. The number of benzene rings is 1. The Morgan fingerprint density at radius 1 is 1.58 bits per heavy atom. The van der Waals surface area contributed by atoms with Crippen LogP contribution in [-0.2, 0) is 0 Å². The normalized spacial score (nSPS) is 13.1. The minimum Gasteiger partial charge on any atom is -0.389 e. The van der Waals surface area contributed by atoms with Crippen LogP contribution in [0.2, 0.25) is 5.02 Å². The van der Waals surface area contributed by atoms with Crippen molar-refractivity contribution in [2.24, 2.45) is 0 Å². The standard InChI is InChI=1S/C8H7BrClFO/c1-4(12)5-2-3-6(10)7(9)8(5)11/h2-4,12H,1H3. The molecule has 0 saturated heterocycles. The Bertz CT molecular complexity index is 301. The van der Waals surface area contributed by atoms with Crippen molar-refractivity contribution in [2.45, 2.75) is 13.0 Å². The van der Waals surface area contributed by atoms with Gasteiger partial charge in [-0.1, -0.05) is 17.7 Å². The van der Waals surface area contributed by atoms with Crippen LogP contribution in [0, 0.1) is 5.82 Å². The van der Waals surface area contributed by atoms with Crippen LogP contribution >= 0.6 is 27.5 Å². The molecule has 1 rings (SSSR count). The summed E-state index contributed by atoms with van der Waals surface area (Å²) in [6.07, 6.45) is -0.821. The summed E-state index contributed by atoms with van der Waals surface area (Å²) in [7, 11) is 0. The second-order valence-corrected chi connectivity index (χ2v) is 3.64. The topological polar surface area (TPSA) is 20.2 Å². The first-order valence-electron chi connectivity index (χ1n) is 3.35. The van der Waals surface area contributed by atoms with E-state index in [9.17, 15) is 4.39 Å². The number of aliphatic hydroxyl groups excluding tert-OH is 1. The number of halogens is 3. The lowest BCUT2D eigenvalue weighted by Crippen LogP contribution is -1.96. The lowest BCUT2D eigenvalue weighted by Gasteiger charge is -2.07. The highest BCUT2D eigenvalue weighted by atomic mass is 79.9. The summed E-state index contributed by atoms with van der Waals surface area (Å²) in [5.41, 5.74) is 0.242. The molecule has 0 aliphatic carbocycles. The van der Waals surface area contributed by atoms with E-state index in [0.29, 0.717) is 5.02 Å². The van der Waals surface area contributed by atoms with Crippen LogP contribution in [0.1, 0.15) is 18.6 Å². The molecule has 0 radical (unpaired) electrons. The summed E-state index contributed by atoms with van der Waals surface area (Å²) in [6, 6.07) is 3.00. The van der Waals surface area contributed by atoms with Gasteiger partial charge in [0.2, 0.25) is 0 Å². The smallest absolute Gasteiger partial charge is 0.144 e. The minimum absolute atomic E-state index is 0.197. The Morgan fingerprint density at radius 2 is 2.17 bits per heavy atom. The van der Waals surface area contributed by atoms with E-state index in [1.165, 1.54) is 19.1 Å². The lowest BCUT2D eigenvalue weighted by molar-refractivity contribution is 0.194. The van der Waals surface area contributed by atoms with Gasteiger partial charge in [-0.25, -0.2) is 4.39 Å². The van der Waals surface area contributed by atoms with E-state index in [-0.39, 0.29) is 10.0 Å². The molecule has 0 saturated carbocycles. The first-order valence-corrected chi connectivity index (χ1v) is 4.52. The maximum atomic E-state index is 13.2. The van der Waals surface area contributed by atoms with Crippen LogP contribution in [-0.4, -0.2) is 5.11 Å². The van der Waals surface area contributed by atoms with Gasteiger partial charge in [0, 0.05) is 5.56 Å². The fourth-order valence-corrected chi connectivity index (χ4v) is 1.37. The highest BCUT2D eigenvalue weighted by Crippen LogP contribution is 2.30. The predicted octanol–water partition coefficient (Wildman–Crippen LogP) is 3.29. The molecular weight excluding hydrogens is 246 g/mol. The molecule has 1 atom stereocenters. The number of hydrogen-bond donors (Lipinski definition) is 1. The van der Waals surface area contributed by atoms with Crippen LogP contribution in [0.5, 0.6) is 0 Å². The minimum atomic E-state index is -0.821. The van der Waals surface area contributed by atoms with Crippen molar-refractivity contribution in [3.8, 4) is 0 Å². The van der Waals surface area contributed by atoms with E-state index >= 15 is 0 Å². The summed E-state index contributed by atoms with van der Waals surface area (Å²) in [5.74, 6) is -0.502.